The summed E-state index contributed by atoms with van der Waals surface area (Å²) in [7, 11) is 4.83. The van der Waals surface area contributed by atoms with Crippen LogP contribution < -0.4 is 23.7 Å². The summed E-state index contributed by atoms with van der Waals surface area (Å²) < 4.78 is 27.3. The number of benzene rings is 2. The zero-order valence-electron chi connectivity index (χ0n) is 14.2. The second kappa shape index (κ2) is 6.05. The summed E-state index contributed by atoms with van der Waals surface area (Å²) in [6.07, 6.45) is 1.77. The Balaban J connectivity index is 2.01. The van der Waals surface area contributed by atoms with Gasteiger partial charge in [0.2, 0.25) is 12.7 Å². The van der Waals surface area contributed by atoms with Gasteiger partial charge in [-0.3, -0.25) is 0 Å². The van der Waals surface area contributed by atoms with E-state index in [1.807, 2.05) is 30.3 Å². The topological polar surface area (TPSA) is 59.0 Å². The molecule has 0 spiro atoms. The van der Waals surface area contributed by atoms with E-state index in [1.165, 1.54) is 0 Å². The number of fused-ring (bicyclic) bond motifs is 2. The van der Waals surface area contributed by atoms with Crippen LogP contribution in [0.1, 0.15) is 0 Å². The molecule has 2 heterocycles. The molecule has 1 aliphatic heterocycles. The lowest BCUT2D eigenvalue weighted by Gasteiger charge is -2.15. The third kappa shape index (κ3) is 2.46. The molecule has 0 radical (unpaired) electrons. The summed E-state index contributed by atoms with van der Waals surface area (Å²) in [5.74, 6) is 3.32. The van der Waals surface area contributed by atoms with Gasteiger partial charge in [-0.15, -0.1) is 0 Å². The normalized spacial score (nSPS) is 12.3. The maximum Gasteiger partial charge on any atom is 0.231 e. The first-order valence-electron chi connectivity index (χ1n) is 7.74. The number of ether oxygens (including phenoxy) is 5. The number of hydrogen-bond donors (Lipinski definition) is 0. The van der Waals surface area contributed by atoms with Gasteiger partial charge in [0.05, 0.1) is 26.7 Å². The Morgan fingerprint density at radius 2 is 1.76 bits per heavy atom. The van der Waals surface area contributed by atoms with Gasteiger partial charge in [0.25, 0.3) is 0 Å². The molecule has 4 rings (SSSR count). The number of aromatic nitrogens is 1. The lowest BCUT2D eigenvalue weighted by atomic mass is 9.99. The molecule has 0 aliphatic carbocycles. The monoisotopic (exact) mass is 339 g/mol. The minimum atomic E-state index is 0.237. The SMILES string of the molecule is COc1cc(OC)c2c(-c3ccc4c(c3)OCO4)cnc(OC)c2c1. The van der Waals surface area contributed by atoms with Crippen molar-refractivity contribution < 1.29 is 23.7 Å². The third-order valence-electron chi connectivity index (χ3n) is 4.22. The van der Waals surface area contributed by atoms with Crippen molar-refractivity contribution in [2.45, 2.75) is 0 Å². The van der Waals surface area contributed by atoms with Crippen LogP contribution in [0.4, 0.5) is 0 Å². The van der Waals surface area contributed by atoms with E-state index < -0.39 is 0 Å². The van der Waals surface area contributed by atoms with Gasteiger partial charge in [-0.05, 0) is 23.8 Å². The van der Waals surface area contributed by atoms with E-state index >= 15 is 0 Å². The van der Waals surface area contributed by atoms with E-state index in [1.54, 1.807) is 27.5 Å². The number of pyridine rings is 1. The molecule has 0 amide bonds. The second-order valence-electron chi connectivity index (χ2n) is 5.50. The molecule has 128 valence electrons. The van der Waals surface area contributed by atoms with Crippen LogP contribution in [0.25, 0.3) is 21.9 Å². The van der Waals surface area contributed by atoms with Crippen LogP contribution in [0.3, 0.4) is 0 Å². The quantitative estimate of drug-likeness (QED) is 0.723. The van der Waals surface area contributed by atoms with Gasteiger partial charge in [0, 0.05) is 23.2 Å². The van der Waals surface area contributed by atoms with Gasteiger partial charge in [-0.2, -0.15) is 0 Å². The molecule has 2 aromatic carbocycles. The predicted molar refractivity (Wildman–Crippen MR) is 93.0 cm³/mol. The van der Waals surface area contributed by atoms with Crippen molar-refractivity contribution in [3.05, 3.63) is 36.5 Å². The average Bonchev–Trinajstić information content (AvgIpc) is 3.13. The van der Waals surface area contributed by atoms with E-state index in [0.29, 0.717) is 23.1 Å². The molecule has 3 aromatic rings. The van der Waals surface area contributed by atoms with Gasteiger partial charge in [-0.25, -0.2) is 4.98 Å². The first-order chi connectivity index (χ1) is 12.2. The van der Waals surface area contributed by atoms with Crippen LogP contribution >= 0.6 is 0 Å². The molecule has 0 atom stereocenters. The van der Waals surface area contributed by atoms with E-state index in [2.05, 4.69) is 4.98 Å². The fraction of sp³-hybridized carbons (Fsp3) is 0.211. The minimum absolute atomic E-state index is 0.237. The van der Waals surface area contributed by atoms with Crippen LogP contribution in [0, 0.1) is 0 Å². The van der Waals surface area contributed by atoms with Gasteiger partial charge in [0.1, 0.15) is 11.5 Å². The Bertz CT molecular complexity index is 954. The molecule has 0 saturated carbocycles. The summed E-state index contributed by atoms with van der Waals surface area (Å²) in [4.78, 5) is 4.44. The average molecular weight is 339 g/mol. The molecule has 1 aromatic heterocycles. The van der Waals surface area contributed by atoms with Crippen molar-refractivity contribution in [3.8, 4) is 40.0 Å². The van der Waals surface area contributed by atoms with Crippen LogP contribution in [-0.4, -0.2) is 33.1 Å². The summed E-state index contributed by atoms with van der Waals surface area (Å²) in [6.45, 7) is 0.237. The maximum atomic E-state index is 5.60. The number of methoxy groups -OCH3 is 3. The Morgan fingerprint density at radius 1 is 0.920 bits per heavy atom. The zero-order chi connectivity index (χ0) is 17.4. The standard InChI is InChI=1S/C19H17NO5/c1-21-12-7-13-18(17(8-12)22-2)14(9-20-19(13)23-3)11-4-5-15-16(6-11)25-10-24-15/h4-9H,10H2,1-3H3. The van der Waals surface area contributed by atoms with Gasteiger partial charge < -0.3 is 23.7 Å². The zero-order valence-corrected chi connectivity index (χ0v) is 14.2. The molecular formula is C19H17NO5. The Hall–Kier alpha value is -3.15. The van der Waals surface area contributed by atoms with Crippen molar-refractivity contribution in [2.24, 2.45) is 0 Å². The molecule has 0 bridgehead atoms. The fourth-order valence-electron chi connectivity index (χ4n) is 3.02. The summed E-state index contributed by atoms with van der Waals surface area (Å²) in [5, 5.41) is 1.71. The number of rotatable bonds is 4. The van der Waals surface area contributed by atoms with Crippen molar-refractivity contribution in [3.63, 3.8) is 0 Å². The molecule has 6 heteroatoms. The highest BCUT2D eigenvalue weighted by atomic mass is 16.7. The smallest absolute Gasteiger partial charge is 0.231 e. The number of hydrogen-bond acceptors (Lipinski definition) is 6. The van der Waals surface area contributed by atoms with Crippen LogP contribution in [-0.2, 0) is 0 Å². The van der Waals surface area contributed by atoms with Gasteiger partial charge in [-0.1, -0.05) is 6.07 Å². The van der Waals surface area contributed by atoms with Gasteiger partial charge in [0.15, 0.2) is 11.5 Å². The van der Waals surface area contributed by atoms with E-state index in [-0.39, 0.29) is 6.79 Å². The largest absolute Gasteiger partial charge is 0.497 e. The molecule has 0 saturated heterocycles. The van der Waals surface area contributed by atoms with E-state index in [9.17, 15) is 0 Å². The van der Waals surface area contributed by atoms with Gasteiger partial charge >= 0.3 is 0 Å². The molecular weight excluding hydrogens is 322 g/mol. The lowest BCUT2D eigenvalue weighted by Crippen LogP contribution is -1.96. The fourth-order valence-corrected chi connectivity index (χ4v) is 3.02. The first kappa shape index (κ1) is 15.4. The highest BCUT2D eigenvalue weighted by molar-refractivity contribution is 6.03. The maximum absolute atomic E-state index is 5.60. The molecule has 0 unspecified atom stereocenters. The molecule has 6 nitrogen and oxygen atoms in total. The highest BCUT2D eigenvalue weighted by Crippen LogP contribution is 2.43. The first-order valence-corrected chi connectivity index (χ1v) is 7.74. The highest BCUT2D eigenvalue weighted by Gasteiger charge is 2.19. The van der Waals surface area contributed by atoms with Crippen LogP contribution in [0.2, 0.25) is 0 Å². The Labute approximate surface area is 144 Å². The van der Waals surface area contributed by atoms with Crippen molar-refractivity contribution in [1.29, 1.82) is 0 Å². The van der Waals surface area contributed by atoms with Crippen molar-refractivity contribution >= 4 is 10.8 Å². The third-order valence-corrected chi connectivity index (χ3v) is 4.22. The van der Waals surface area contributed by atoms with Crippen molar-refractivity contribution in [1.82, 2.24) is 4.98 Å². The number of nitrogens with zero attached hydrogens (tertiary/aromatic N) is 1. The predicted octanol–water partition coefficient (Wildman–Crippen LogP) is 3.66. The van der Waals surface area contributed by atoms with Crippen molar-refractivity contribution in [2.75, 3.05) is 28.1 Å². The minimum Gasteiger partial charge on any atom is -0.497 e. The van der Waals surface area contributed by atoms with E-state index in [4.69, 9.17) is 23.7 Å². The summed E-state index contributed by atoms with van der Waals surface area (Å²) >= 11 is 0. The second-order valence-corrected chi connectivity index (χ2v) is 5.50. The van der Waals surface area contributed by atoms with E-state index in [0.717, 1.165) is 27.6 Å². The molecule has 0 fully saturated rings. The molecule has 1 aliphatic rings. The van der Waals surface area contributed by atoms with Crippen LogP contribution in [0.5, 0.6) is 28.9 Å². The Morgan fingerprint density at radius 3 is 2.52 bits per heavy atom. The summed E-state index contributed by atoms with van der Waals surface area (Å²) in [5.41, 5.74) is 1.86. The Kier molecular flexibility index (Phi) is 3.72. The molecule has 25 heavy (non-hydrogen) atoms. The molecule has 0 N–H and O–H groups in total. The lowest BCUT2D eigenvalue weighted by molar-refractivity contribution is 0.174. The summed E-state index contributed by atoms with van der Waals surface area (Å²) in [6, 6.07) is 9.54. The van der Waals surface area contributed by atoms with Crippen LogP contribution in [0.15, 0.2) is 36.5 Å².